The Balaban J connectivity index is 1.84. The number of anilines is 1. The molecule has 2 N–H and O–H groups in total. The third-order valence-corrected chi connectivity index (χ3v) is 3.11. The first-order valence-electron chi connectivity index (χ1n) is 6.98. The number of nitrogens with zero attached hydrogens (tertiary/aromatic N) is 2. The molecule has 1 heterocycles. The van der Waals surface area contributed by atoms with E-state index in [1.165, 1.54) is 0 Å². The van der Waals surface area contributed by atoms with Crippen molar-refractivity contribution >= 4 is 23.5 Å². The molecule has 0 saturated heterocycles. The number of hydrogen-bond donors (Lipinski definition) is 2. The van der Waals surface area contributed by atoms with Crippen molar-refractivity contribution in [2.45, 2.75) is 20.8 Å². The van der Waals surface area contributed by atoms with Gasteiger partial charge in [-0.1, -0.05) is 49.7 Å². The Kier molecular flexibility index (Phi) is 5.03. The first-order valence-corrected chi connectivity index (χ1v) is 7.36. The number of carbonyl (C=O) groups is 1. The molecule has 1 amide bonds. The SMILES string of the molecule is CC(C)(C)C(=O)NCCNc1nc(-c2cccc(Cl)c2)no1. The molecule has 0 saturated carbocycles. The molecule has 0 atom stereocenters. The van der Waals surface area contributed by atoms with E-state index in [9.17, 15) is 4.79 Å². The van der Waals surface area contributed by atoms with Crippen molar-refractivity contribution in [2.75, 3.05) is 18.4 Å². The number of halogens is 1. The van der Waals surface area contributed by atoms with Gasteiger partial charge in [-0.3, -0.25) is 4.79 Å². The molecule has 118 valence electrons. The zero-order chi connectivity index (χ0) is 16.2. The Labute approximate surface area is 134 Å². The molecule has 0 spiro atoms. The second-order valence-corrected chi connectivity index (χ2v) is 6.30. The van der Waals surface area contributed by atoms with Gasteiger partial charge in [-0.25, -0.2) is 0 Å². The first kappa shape index (κ1) is 16.3. The molecule has 6 nitrogen and oxygen atoms in total. The number of amides is 1. The lowest BCUT2D eigenvalue weighted by Gasteiger charge is -2.17. The standard InChI is InChI=1S/C15H19ClN4O2/c1-15(2,3)13(21)17-7-8-18-14-19-12(20-22-14)10-5-4-6-11(16)9-10/h4-6,9H,7-8H2,1-3H3,(H,17,21)(H,18,19,20). The Hall–Kier alpha value is -2.08. The zero-order valence-electron chi connectivity index (χ0n) is 12.8. The summed E-state index contributed by atoms with van der Waals surface area (Å²) in [6.45, 7) is 6.57. The molecule has 2 aromatic rings. The minimum atomic E-state index is -0.399. The van der Waals surface area contributed by atoms with E-state index in [1.54, 1.807) is 12.1 Å². The molecule has 0 fully saturated rings. The van der Waals surface area contributed by atoms with Crippen LogP contribution >= 0.6 is 11.6 Å². The molecule has 0 radical (unpaired) electrons. The van der Waals surface area contributed by atoms with Gasteiger partial charge in [0.05, 0.1) is 0 Å². The summed E-state index contributed by atoms with van der Waals surface area (Å²) in [5.41, 5.74) is 0.384. The quantitative estimate of drug-likeness (QED) is 0.827. The lowest BCUT2D eigenvalue weighted by molar-refractivity contribution is -0.128. The van der Waals surface area contributed by atoms with E-state index in [2.05, 4.69) is 20.8 Å². The maximum absolute atomic E-state index is 11.7. The van der Waals surface area contributed by atoms with E-state index < -0.39 is 5.41 Å². The van der Waals surface area contributed by atoms with Crippen LogP contribution in [0.25, 0.3) is 11.4 Å². The average Bonchev–Trinajstić information content (AvgIpc) is 2.91. The van der Waals surface area contributed by atoms with E-state index in [0.717, 1.165) is 5.56 Å². The van der Waals surface area contributed by atoms with Gasteiger partial charge >= 0.3 is 6.01 Å². The highest BCUT2D eigenvalue weighted by molar-refractivity contribution is 6.30. The molecule has 1 aromatic carbocycles. The number of nitrogens with one attached hydrogen (secondary N) is 2. The summed E-state index contributed by atoms with van der Waals surface area (Å²) in [6.07, 6.45) is 0. The fourth-order valence-corrected chi connectivity index (χ4v) is 1.84. The second kappa shape index (κ2) is 6.79. The summed E-state index contributed by atoms with van der Waals surface area (Å²) < 4.78 is 5.11. The largest absolute Gasteiger partial charge is 0.354 e. The van der Waals surface area contributed by atoms with E-state index in [4.69, 9.17) is 16.1 Å². The van der Waals surface area contributed by atoms with Crippen LogP contribution < -0.4 is 10.6 Å². The maximum Gasteiger partial charge on any atom is 0.321 e. The number of carbonyl (C=O) groups excluding carboxylic acids is 1. The minimum absolute atomic E-state index is 0.000513. The highest BCUT2D eigenvalue weighted by Gasteiger charge is 2.20. The van der Waals surface area contributed by atoms with Gasteiger partial charge < -0.3 is 15.2 Å². The van der Waals surface area contributed by atoms with Crippen LogP contribution in [0.15, 0.2) is 28.8 Å². The molecule has 1 aromatic heterocycles. The van der Waals surface area contributed by atoms with Gasteiger partial charge in [0.15, 0.2) is 0 Å². The van der Waals surface area contributed by atoms with Crippen LogP contribution in [0.2, 0.25) is 5.02 Å². The molecular formula is C15H19ClN4O2. The summed E-state index contributed by atoms with van der Waals surface area (Å²) in [5, 5.41) is 10.3. The van der Waals surface area contributed by atoms with Crippen LogP contribution in [0.1, 0.15) is 20.8 Å². The van der Waals surface area contributed by atoms with E-state index in [1.807, 2.05) is 32.9 Å². The van der Waals surface area contributed by atoms with Crippen LogP contribution in [-0.2, 0) is 4.79 Å². The number of benzene rings is 1. The smallest absolute Gasteiger partial charge is 0.321 e. The Morgan fingerprint density at radius 1 is 1.32 bits per heavy atom. The fourth-order valence-electron chi connectivity index (χ4n) is 1.65. The Morgan fingerprint density at radius 2 is 2.09 bits per heavy atom. The predicted octanol–water partition coefficient (Wildman–Crippen LogP) is 2.96. The van der Waals surface area contributed by atoms with Crippen LogP contribution in [0.3, 0.4) is 0 Å². The normalized spacial score (nSPS) is 11.3. The van der Waals surface area contributed by atoms with Crippen LogP contribution in [0.4, 0.5) is 6.01 Å². The third-order valence-electron chi connectivity index (χ3n) is 2.88. The highest BCUT2D eigenvalue weighted by Crippen LogP contribution is 2.20. The highest BCUT2D eigenvalue weighted by atomic mass is 35.5. The van der Waals surface area contributed by atoms with Gasteiger partial charge in [-0.15, -0.1) is 0 Å². The van der Waals surface area contributed by atoms with E-state index in [0.29, 0.717) is 30.0 Å². The molecular weight excluding hydrogens is 304 g/mol. The lowest BCUT2D eigenvalue weighted by Crippen LogP contribution is -2.37. The topological polar surface area (TPSA) is 80.0 Å². The van der Waals surface area contributed by atoms with Crippen molar-refractivity contribution in [2.24, 2.45) is 5.41 Å². The van der Waals surface area contributed by atoms with Gasteiger partial charge in [-0.05, 0) is 12.1 Å². The van der Waals surface area contributed by atoms with Gasteiger partial charge in [0.1, 0.15) is 0 Å². The van der Waals surface area contributed by atoms with Gasteiger partial charge in [-0.2, -0.15) is 4.98 Å². The molecule has 0 aliphatic rings. The molecule has 0 aliphatic heterocycles. The van der Waals surface area contributed by atoms with Crippen molar-refractivity contribution in [3.05, 3.63) is 29.3 Å². The van der Waals surface area contributed by atoms with Crippen molar-refractivity contribution < 1.29 is 9.32 Å². The molecule has 2 rings (SSSR count). The van der Waals surface area contributed by atoms with Crippen molar-refractivity contribution in [1.29, 1.82) is 0 Å². The predicted molar refractivity (Wildman–Crippen MR) is 85.7 cm³/mol. The van der Waals surface area contributed by atoms with E-state index in [-0.39, 0.29) is 5.91 Å². The molecule has 0 aliphatic carbocycles. The summed E-state index contributed by atoms with van der Waals surface area (Å²) >= 11 is 5.93. The average molecular weight is 323 g/mol. The summed E-state index contributed by atoms with van der Waals surface area (Å²) in [4.78, 5) is 15.9. The van der Waals surface area contributed by atoms with Gasteiger partial charge in [0, 0.05) is 29.1 Å². The number of rotatable bonds is 5. The van der Waals surface area contributed by atoms with Crippen molar-refractivity contribution in [3.8, 4) is 11.4 Å². The van der Waals surface area contributed by atoms with Gasteiger partial charge in [0.2, 0.25) is 11.7 Å². The van der Waals surface area contributed by atoms with Crippen molar-refractivity contribution in [3.63, 3.8) is 0 Å². The molecule has 22 heavy (non-hydrogen) atoms. The summed E-state index contributed by atoms with van der Waals surface area (Å²) in [7, 11) is 0. The number of aromatic nitrogens is 2. The monoisotopic (exact) mass is 322 g/mol. The third kappa shape index (κ3) is 4.46. The molecule has 7 heteroatoms. The fraction of sp³-hybridized carbons (Fsp3) is 0.400. The Morgan fingerprint density at radius 3 is 2.77 bits per heavy atom. The summed E-state index contributed by atoms with van der Waals surface area (Å²) in [5.74, 6) is 0.461. The number of hydrogen-bond acceptors (Lipinski definition) is 5. The molecule has 0 unspecified atom stereocenters. The second-order valence-electron chi connectivity index (χ2n) is 5.87. The molecule has 0 bridgehead atoms. The van der Waals surface area contributed by atoms with Crippen molar-refractivity contribution in [1.82, 2.24) is 15.5 Å². The maximum atomic E-state index is 11.7. The lowest BCUT2D eigenvalue weighted by atomic mass is 9.96. The van der Waals surface area contributed by atoms with Crippen LogP contribution in [0, 0.1) is 5.41 Å². The van der Waals surface area contributed by atoms with Crippen LogP contribution in [-0.4, -0.2) is 29.1 Å². The Bertz CT molecular complexity index is 649. The minimum Gasteiger partial charge on any atom is -0.354 e. The van der Waals surface area contributed by atoms with E-state index >= 15 is 0 Å². The van der Waals surface area contributed by atoms with Crippen LogP contribution in [0.5, 0.6) is 0 Å². The van der Waals surface area contributed by atoms with Gasteiger partial charge in [0.25, 0.3) is 0 Å². The summed E-state index contributed by atoms with van der Waals surface area (Å²) in [6, 6.07) is 7.52. The zero-order valence-corrected chi connectivity index (χ0v) is 13.6. The first-order chi connectivity index (χ1) is 10.4.